The van der Waals surface area contributed by atoms with E-state index in [4.69, 9.17) is 75.6 Å². The lowest BCUT2D eigenvalue weighted by Crippen LogP contribution is -2.48. The van der Waals surface area contributed by atoms with Gasteiger partial charge in [-0.2, -0.15) is 0 Å². The number of carbonyl (C=O) groups is 4. The van der Waals surface area contributed by atoms with Crippen molar-refractivity contribution in [2.24, 2.45) is 10.8 Å². The topological polar surface area (TPSA) is 214 Å². The second-order valence-corrected chi connectivity index (χ2v) is 26.9. The molecule has 2 unspecified atom stereocenters. The molecule has 0 saturated heterocycles. The number of ether oxygens (including phenoxy) is 1. The van der Waals surface area contributed by atoms with Crippen molar-refractivity contribution in [2.75, 3.05) is 41.8 Å². The number of halogens is 4. The highest BCUT2D eigenvalue weighted by Gasteiger charge is 2.40. The first-order valence-electron chi connectivity index (χ1n) is 25.3. The monoisotopic (exact) mass is 1210 g/mol. The largest absolute Gasteiger partial charge is 0.480 e. The van der Waals surface area contributed by atoms with Gasteiger partial charge in [0, 0.05) is 59.1 Å². The summed E-state index contributed by atoms with van der Waals surface area (Å²) in [5.74, 6) is -1.99. The van der Waals surface area contributed by atoms with Crippen molar-refractivity contribution < 1.29 is 45.9 Å². The smallest absolute Gasteiger partial charge is 0.328 e. The van der Waals surface area contributed by atoms with Crippen molar-refractivity contribution >= 4 is 136 Å². The van der Waals surface area contributed by atoms with E-state index < -0.39 is 55.5 Å². The molecule has 6 rings (SSSR count). The quantitative estimate of drug-likeness (QED) is 0.0251. The molecule has 418 valence electrons. The minimum atomic E-state index is -3.01. The first-order chi connectivity index (χ1) is 36.3. The Balaban J connectivity index is 0.000000284. The summed E-state index contributed by atoms with van der Waals surface area (Å²) >= 11 is 36.1. The molecule has 0 aliphatic heterocycles. The number of thiocarbonyl (C=S) groups is 2. The molecule has 2 aliphatic carbocycles. The van der Waals surface area contributed by atoms with Crippen LogP contribution < -0.4 is 21.3 Å². The van der Waals surface area contributed by atoms with E-state index in [1.807, 2.05) is 12.1 Å². The maximum Gasteiger partial charge on any atom is 0.328 e. The third kappa shape index (κ3) is 19.4. The number of methoxy groups -OCH3 is 1. The van der Waals surface area contributed by atoms with E-state index in [0.717, 1.165) is 88.2 Å². The third-order valence-corrected chi connectivity index (χ3v) is 18.4. The molecule has 0 bridgehead atoms. The van der Waals surface area contributed by atoms with Crippen LogP contribution in [-0.4, -0.2) is 98.9 Å². The fourth-order valence-electron chi connectivity index (χ4n) is 9.83. The summed E-state index contributed by atoms with van der Waals surface area (Å²) in [6.45, 7) is 0. The van der Waals surface area contributed by atoms with E-state index >= 15 is 0 Å². The maximum atomic E-state index is 12.7. The predicted octanol–water partition coefficient (Wildman–Crippen LogP) is 12.0. The van der Waals surface area contributed by atoms with Crippen LogP contribution in [0.4, 0.5) is 11.4 Å². The van der Waals surface area contributed by atoms with Crippen LogP contribution in [0.25, 0.3) is 0 Å². The lowest BCUT2D eigenvalue weighted by atomic mass is 9.80. The highest BCUT2D eigenvalue weighted by atomic mass is 35.5. The van der Waals surface area contributed by atoms with Gasteiger partial charge in [-0.25, -0.2) is 26.4 Å². The number of hydrogen-bond donors (Lipinski definition) is 5. The van der Waals surface area contributed by atoms with Gasteiger partial charge >= 0.3 is 11.9 Å². The summed E-state index contributed by atoms with van der Waals surface area (Å²) in [5.41, 5.74) is 2.52. The van der Waals surface area contributed by atoms with Crippen molar-refractivity contribution in [3.8, 4) is 0 Å². The van der Waals surface area contributed by atoms with Crippen LogP contribution in [0.3, 0.4) is 0 Å². The summed E-state index contributed by atoms with van der Waals surface area (Å²) in [4.78, 5) is 51.2. The van der Waals surface area contributed by atoms with Crippen LogP contribution in [0.5, 0.6) is 0 Å². The summed E-state index contributed by atoms with van der Waals surface area (Å²) in [6.07, 6.45) is 14.9. The predicted molar refractivity (Wildman–Crippen MR) is 317 cm³/mol. The van der Waals surface area contributed by atoms with Gasteiger partial charge in [-0.3, -0.25) is 9.59 Å². The number of rotatable bonds is 24. The maximum absolute atomic E-state index is 12.7. The van der Waals surface area contributed by atoms with Crippen LogP contribution in [-0.2, 0) is 46.8 Å². The average Bonchev–Trinajstić information content (AvgIpc) is 4.07. The van der Waals surface area contributed by atoms with Crippen LogP contribution >= 0.6 is 70.8 Å². The van der Waals surface area contributed by atoms with Gasteiger partial charge in [0.05, 0.1) is 48.3 Å². The van der Waals surface area contributed by atoms with Crippen molar-refractivity contribution in [3.05, 3.63) is 127 Å². The number of amides is 2. The van der Waals surface area contributed by atoms with Gasteiger partial charge < -0.3 is 31.1 Å². The van der Waals surface area contributed by atoms with E-state index in [-0.39, 0.29) is 60.0 Å². The highest BCUT2D eigenvalue weighted by molar-refractivity contribution is 7.90. The van der Waals surface area contributed by atoms with E-state index in [0.29, 0.717) is 40.6 Å². The van der Waals surface area contributed by atoms with Crippen LogP contribution in [0.15, 0.2) is 84.9 Å². The molecule has 2 saturated carbocycles. The molecule has 2 fully saturated rings. The molecule has 77 heavy (non-hydrogen) atoms. The number of carboxylic acid groups (broad SMARTS) is 1. The number of aliphatic carboxylic acids is 1. The summed E-state index contributed by atoms with van der Waals surface area (Å²) < 4.78 is 51.0. The number of sulfone groups is 2. The zero-order valence-corrected chi connectivity index (χ0v) is 49.5. The standard InChI is InChI=1S/C28H34Cl2N2O5S2.C27H32Cl2N2O5S2/c1-37-26(34)23(32-27(38)28(14-3-4-15-28)16-5-6-17-39(2,35)36)18-19-10-12-20(13-11-19)31-25(33)24-21(29)8-7-9-22(24)30;1-38(35,36)16-5-4-15-27(13-2-3-14-27)26(37)31-22(25(33)34)17-18-9-11-19(12-10-18)30-24(32)23-20(28)7-6-8-21(23)29/h7-13,23H,3-6,14-18H2,1-2H3,(H,31,33)(H,32,38);6-12,22H,2-5,13-17H2,1H3,(H,30,32)(H,31,37)(H,33,34). The zero-order valence-electron chi connectivity index (χ0n) is 43.2. The van der Waals surface area contributed by atoms with Crippen molar-refractivity contribution in [3.63, 3.8) is 0 Å². The molecular weight excluding hydrogens is 1150 g/mol. The zero-order chi connectivity index (χ0) is 56.6. The number of carbonyl (C=O) groups excluding carboxylic acids is 3. The molecule has 0 aromatic heterocycles. The molecule has 2 atom stereocenters. The van der Waals surface area contributed by atoms with E-state index in [2.05, 4.69) is 21.3 Å². The Bertz CT molecular complexity index is 2930. The number of carboxylic acids is 1. The Kier molecular flexibility index (Phi) is 24.0. The van der Waals surface area contributed by atoms with Crippen LogP contribution in [0.1, 0.15) is 122 Å². The highest BCUT2D eigenvalue weighted by Crippen LogP contribution is 2.45. The van der Waals surface area contributed by atoms with Gasteiger partial charge in [-0.15, -0.1) is 0 Å². The second kappa shape index (κ2) is 29.2. The summed E-state index contributed by atoms with van der Waals surface area (Å²) in [7, 11) is -4.67. The first-order valence-corrected chi connectivity index (χ1v) is 31.8. The second-order valence-electron chi connectivity index (χ2n) is 20.0. The molecule has 5 N–H and O–H groups in total. The fraction of sp³-hybridized carbons (Fsp3) is 0.455. The van der Waals surface area contributed by atoms with Gasteiger partial charge in [-0.05, 0) is 111 Å². The van der Waals surface area contributed by atoms with Gasteiger partial charge in [0.15, 0.2) is 0 Å². The first kappa shape index (κ1) is 63.4. The lowest BCUT2D eigenvalue weighted by Gasteiger charge is -2.33. The summed E-state index contributed by atoms with van der Waals surface area (Å²) in [5, 5.41) is 22.8. The molecule has 0 radical (unpaired) electrons. The number of anilines is 2. The number of nitrogens with one attached hydrogen (secondary N) is 4. The van der Waals surface area contributed by atoms with Crippen molar-refractivity contribution in [1.29, 1.82) is 0 Å². The Labute approximate surface area is 483 Å². The van der Waals surface area contributed by atoms with Gasteiger partial charge in [0.1, 0.15) is 31.8 Å². The molecule has 14 nitrogen and oxygen atoms in total. The number of unbranched alkanes of at least 4 members (excludes halogenated alkanes) is 2. The lowest BCUT2D eigenvalue weighted by molar-refractivity contribution is -0.142. The van der Waals surface area contributed by atoms with Gasteiger partial charge in [0.25, 0.3) is 11.8 Å². The van der Waals surface area contributed by atoms with Crippen LogP contribution in [0, 0.1) is 10.8 Å². The molecule has 2 amide bonds. The Morgan fingerprint density at radius 2 is 0.909 bits per heavy atom. The van der Waals surface area contributed by atoms with Crippen molar-refractivity contribution in [1.82, 2.24) is 10.6 Å². The van der Waals surface area contributed by atoms with Crippen molar-refractivity contribution in [2.45, 2.75) is 115 Å². The molecule has 0 spiro atoms. The normalized spacial score (nSPS) is 15.5. The van der Waals surface area contributed by atoms with E-state index in [1.54, 1.807) is 72.8 Å². The number of hydrogen-bond acceptors (Lipinski definition) is 11. The molecule has 2 aliphatic rings. The fourth-order valence-corrected chi connectivity index (χ4v) is 13.3. The minimum Gasteiger partial charge on any atom is -0.480 e. The molecule has 4 aromatic carbocycles. The Hall–Kier alpha value is -4.40. The average molecular weight is 1210 g/mol. The van der Waals surface area contributed by atoms with Gasteiger partial charge in [-0.1, -0.05) is 146 Å². The molecular formula is C55H66Cl4N4O10S4. The third-order valence-electron chi connectivity index (χ3n) is 14.0. The molecule has 0 heterocycles. The minimum absolute atomic E-state index is 0.142. The molecule has 22 heteroatoms. The molecule has 4 aromatic rings. The SMILES string of the molecule is COC(=O)C(Cc1ccc(NC(=O)c2c(Cl)cccc2Cl)cc1)NC(=S)C1(CCCCS(C)(=O)=O)CCCC1.CS(=O)(=O)CCCCC1(C(=S)NC(Cc2ccc(NC(=O)c3c(Cl)cccc3Cl)cc2)C(=O)O)CCCC1. The number of esters is 1. The number of benzene rings is 4. The van der Waals surface area contributed by atoms with E-state index in [9.17, 15) is 41.1 Å². The van der Waals surface area contributed by atoms with Crippen LogP contribution in [0.2, 0.25) is 20.1 Å². The summed E-state index contributed by atoms with van der Waals surface area (Å²) in [6, 6.07) is 22.1. The van der Waals surface area contributed by atoms with E-state index in [1.165, 1.54) is 19.6 Å². The Morgan fingerprint density at radius 1 is 0.571 bits per heavy atom. The Morgan fingerprint density at radius 3 is 1.23 bits per heavy atom. The van der Waals surface area contributed by atoms with Gasteiger partial charge in [0.2, 0.25) is 0 Å².